The van der Waals surface area contributed by atoms with Gasteiger partial charge in [0.05, 0.1) is 12.2 Å². The fourth-order valence-electron chi connectivity index (χ4n) is 2.68. The molecule has 0 bridgehead atoms. The molecule has 1 unspecified atom stereocenters. The predicted molar refractivity (Wildman–Crippen MR) is 89.2 cm³/mol. The number of fused-ring (bicyclic) bond motifs is 1. The summed E-state index contributed by atoms with van der Waals surface area (Å²) in [6.45, 7) is 7.69. The van der Waals surface area contributed by atoms with Crippen molar-refractivity contribution in [1.29, 1.82) is 0 Å². The first-order valence-corrected chi connectivity index (χ1v) is 8.27. The van der Waals surface area contributed by atoms with E-state index in [4.69, 9.17) is 9.47 Å². The summed E-state index contributed by atoms with van der Waals surface area (Å²) in [6, 6.07) is 6.44. The third-order valence-corrected chi connectivity index (χ3v) is 4.00. The van der Waals surface area contributed by atoms with Gasteiger partial charge in [-0.15, -0.1) is 0 Å². The van der Waals surface area contributed by atoms with Gasteiger partial charge in [-0.05, 0) is 29.9 Å². The van der Waals surface area contributed by atoms with E-state index in [1.165, 1.54) is 6.07 Å². The molecule has 1 aromatic rings. The molecule has 0 spiro atoms. The Kier molecular flexibility index (Phi) is 5.49. The Bertz CT molecular complexity index is 669. The molecule has 138 valence electrons. The van der Waals surface area contributed by atoms with Crippen LogP contribution in [0.3, 0.4) is 0 Å². The average molecular weight is 356 g/mol. The van der Waals surface area contributed by atoms with Crippen LogP contribution in [0.5, 0.6) is 5.75 Å². The number of halogens is 3. The first-order valence-electron chi connectivity index (χ1n) is 8.27. The second-order valence-electron chi connectivity index (χ2n) is 7.23. The van der Waals surface area contributed by atoms with Crippen LogP contribution >= 0.6 is 0 Å². The minimum absolute atomic E-state index is 0.0645. The van der Waals surface area contributed by atoms with Crippen molar-refractivity contribution in [2.45, 2.75) is 52.8 Å². The number of rotatable bonds is 4. The zero-order valence-electron chi connectivity index (χ0n) is 14.9. The van der Waals surface area contributed by atoms with Crippen LogP contribution in [0.2, 0.25) is 0 Å². The van der Waals surface area contributed by atoms with Crippen molar-refractivity contribution in [3.8, 4) is 5.75 Å². The summed E-state index contributed by atoms with van der Waals surface area (Å²) in [4.78, 5) is 12.5. The fourth-order valence-corrected chi connectivity index (χ4v) is 2.68. The van der Waals surface area contributed by atoms with Crippen LogP contribution in [0, 0.1) is 5.41 Å². The lowest BCUT2D eigenvalue weighted by molar-refractivity contribution is -0.188. The van der Waals surface area contributed by atoms with Crippen LogP contribution in [0.4, 0.5) is 13.2 Å². The van der Waals surface area contributed by atoms with Crippen LogP contribution in [0.25, 0.3) is 5.57 Å². The molecule has 1 heterocycles. The van der Waals surface area contributed by atoms with Gasteiger partial charge in [-0.1, -0.05) is 45.9 Å². The second kappa shape index (κ2) is 7.10. The van der Waals surface area contributed by atoms with Gasteiger partial charge in [0.2, 0.25) is 6.10 Å². The second-order valence-corrected chi connectivity index (χ2v) is 7.23. The van der Waals surface area contributed by atoms with Crippen LogP contribution in [0.15, 0.2) is 29.8 Å². The summed E-state index contributed by atoms with van der Waals surface area (Å²) in [5.74, 6) is -0.828. The van der Waals surface area contributed by atoms with Crippen LogP contribution < -0.4 is 4.74 Å². The number of carbonyl (C=O) groups is 1. The van der Waals surface area contributed by atoms with E-state index in [9.17, 15) is 18.0 Å². The number of esters is 1. The molecular formula is C19H23F3O3. The highest BCUT2D eigenvalue weighted by Gasteiger charge is 2.50. The topological polar surface area (TPSA) is 35.5 Å². The van der Waals surface area contributed by atoms with Gasteiger partial charge in [0.1, 0.15) is 5.75 Å². The summed E-state index contributed by atoms with van der Waals surface area (Å²) in [6.07, 6.45) is -6.18. The smallest absolute Gasteiger partial charge is 0.430 e. The molecule has 6 heteroatoms. The number of carbonyl (C=O) groups excluding carboxylic acids is 1. The number of allylic oxidation sites excluding steroid dienone is 1. The molecule has 0 saturated heterocycles. The van der Waals surface area contributed by atoms with E-state index in [1.54, 1.807) is 25.1 Å². The Hall–Kier alpha value is -1.98. The standard InChI is InChI=1S/C19H23F3O3/c1-5-12-13-8-6-7-9-14(13)25-16(19(20,21)22)15(12)17(23)24-11-10-18(2,3)4/h6-9,16H,5,10-11H2,1-4H3. The van der Waals surface area contributed by atoms with Crippen molar-refractivity contribution in [3.05, 3.63) is 35.4 Å². The third-order valence-electron chi connectivity index (χ3n) is 4.00. The van der Waals surface area contributed by atoms with Gasteiger partial charge in [0.15, 0.2) is 0 Å². The number of hydrogen-bond acceptors (Lipinski definition) is 3. The normalized spacial score (nSPS) is 17.8. The van der Waals surface area contributed by atoms with E-state index in [0.29, 0.717) is 17.6 Å². The molecule has 3 nitrogen and oxygen atoms in total. The molecule has 1 aromatic carbocycles. The van der Waals surface area contributed by atoms with E-state index in [1.807, 2.05) is 20.8 Å². The number of ether oxygens (including phenoxy) is 2. The quantitative estimate of drug-likeness (QED) is 0.700. The molecule has 2 rings (SSSR count). The average Bonchev–Trinajstić information content (AvgIpc) is 2.50. The molecule has 25 heavy (non-hydrogen) atoms. The van der Waals surface area contributed by atoms with Crippen molar-refractivity contribution >= 4 is 11.5 Å². The van der Waals surface area contributed by atoms with Gasteiger partial charge in [0.25, 0.3) is 0 Å². The molecule has 0 aliphatic carbocycles. The minimum atomic E-state index is -4.70. The van der Waals surface area contributed by atoms with Gasteiger partial charge in [-0.3, -0.25) is 0 Å². The van der Waals surface area contributed by atoms with Gasteiger partial charge < -0.3 is 9.47 Å². The highest BCUT2D eigenvalue weighted by Crippen LogP contribution is 2.42. The first kappa shape index (κ1) is 19.3. The maximum absolute atomic E-state index is 13.5. The Morgan fingerprint density at radius 1 is 1.20 bits per heavy atom. The van der Waals surface area contributed by atoms with Crippen LogP contribution in [-0.2, 0) is 9.53 Å². The van der Waals surface area contributed by atoms with E-state index in [0.717, 1.165) is 0 Å². The minimum Gasteiger partial charge on any atom is -0.475 e. The van der Waals surface area contributed by atoms with E-state index in [2.05, 4.69) is 0 Å². The zero-order chi connectivity index (χ0) is 18.8. The number of alkyl halides is 3. The summed E-state index contributed by atoms with van der Waals surface area (Å²) in [7, 11) is 0. The molecule has 0 radical (unpaired) electrons. The molecule has 1 aliphatic heterocycles. The fraction of sp³-hybridized carbons (Fsp3) is 0.526. The highest BCUT2D eigenvalue weighted by atomic mass is 19.4. The van der Waals surface area contributed by atoms with Crippen LogP contribution in [0.1, 0.15) is 46.1 Å². The summed E-state index contributed by atoms with van der Waals surface area (Å²) in [5, 5.41) is 0. The van der Waals surface area contributed by atoms with Gasteiger partial charge in [-0.25, -0.2) is 4.79 Å². The van der Waals surface area contributed by atoms with Crippen molar-refractivity contribution in [3.63, 3.8) is 0 Å². The Labute approximate surface area is 145 Å². The molecule has 0 N–H and O–H groups in total. The highest BCUT2D eigenvalue weighted by molar-refractivity contribution is 6.00. The monoisotopic (exact) mass is 356 g/mol. The molecule has 1 atom stereocenters. The van der Waals surface area contributed by atoms with Crippen molar-refractivity contribution in [2.75, 3.05) is 6.61 Å². The SMILES string of the molecule is CCC1=C(C(=O)OCCC(C)(C)C)C(C(F)(F)F)Oc2ccccc21. The maximum atomic E-state index is 13.5. The van der Waals surface area contributed by atoms with E-state index in [-0.39, 0.29) is 24.2 Å². The number of benzene rings is 1. The van der Waals surface area contributed by atoms with Crippen molar-refractivity contribution in [1.82, 2.24) is 0 Å². The third kappa shape index (κ3) is 4.55. The summed E-state index contributed by atoms with van der Waals surface area (Å²) in [5.41, 5.74) is 0.308. The van der Waals surface area contributed by atoms with E-state index < -0.39 is 23.8 Å². The molecule has 1 aliphatic rings. The van der Waals surface area contributed by atoms with Crippen molar-refractivity contribution in [2.24, 2.45) is 5.41 Å². The predicted octanol–water partition coefficient (Wildman–Crippen LogP) is 5.15. The lowest BCUT2D eigenvalue weighted by Crippen LogP contribution is -2.42. The summed E-state index contributed by atoms with van der Waals surface area (Å²) >= 11 is 0. The largest absolute Gasteiger partial charge is 0.475 e. The molecule has 0 amide bonds. The number of para-hydroxylation sites is 1. The Morgan fingerprint density at radius 3 is 2.40 bits per heavy atom. The lowest BCUT2D eigenvalue weighted by atomic mass is 9.90. The van der Waals surface area contributed by atoms with Gasteiger partial charge >= 0.3 is 12.1 Å². The van der Waals surface area contributed by atoms with E-state index >= 15 is 0 Å². The first-order chi connectivity index (χ1) is 11.5. The van der Waals surface area contributed by atoms with Crippen LogP contribution in [-0.4, -0.2) is 24.9 Å². The molecular weight excluding hydrogens is 333 g/mol. The Balaban J connectivity index is 2.40. The number of hydrogen-bond donors (Lipinski definition) is 0. The van der Waals surface area contributed by atoms with Crippen molar-refractivity contribution < 1.29 is 27.4 Å². The van der Waals surface area contributed by atoms with Gasteiger partial charge in [0, 0.05) is 5.56 Å². The lowest BCUT2D eigenvalue weighted by Gasteiger charge is -2.31. The molecule has 0 saturated carbocycles. The molecule has 0 aromatic heterocycles. The maximum Gasteiger partial charge on any atom is 0.430 e. The zero-order valence-corrected chi connectivity index (χ0v) is 14.9. The molecule has 0 fully saturated rings. The van der Waals surface area contributed by atoms with Gasteiger partial charge in [-0.2, -0.15) is 13.2 Å². The summed E-state index contributed by atoms with van der Waals surface area (Å²) < 4.78 is 50.8. The Morgan fingerprint density at radius 2 is 1.84 bits per heavy atom.